The van der Waals surface area contributed by atoms with Gasteiger partial charge in [0.1, 0.15) is 11.4 Å². The molecule has 2 rings (SSSR count). The summed E-state index contributed by atoms with van der Waals surface area (Å²) in [5, 5.41) is 12.9. The van der Waals surface area contributed by atoms with Crippen molar-refractivity contribution in [2.24, 2.45) is 0 Å². The van der Waals surface area contributed by atoms with Crippen LogP contribution in [0.25, 0.3) is 5.82 Å². The predicted molar refractivity (Wildman–Crippen MR) is 82.7 cm³/mol. The molecule has 0 bridgehead atoms. The second-order valence-corrected chi connectivity index (χ2v) is 6.73. The van der Waals surface area contributed by atoms with Crippen LogP contribution in [0.1, 0.15) is 5.56 Å². The number of aliphatic carboxylic acids is 1. The Balaban J connectivity index is 2.37. The maximum Gasteiger partial charge on any atom is 0.318 e. The number of nitrogens with zero attached hydrogens (tertiary/aromatic N) is 4. The van der Waals surface area contributed by atoms with Crippen molar-refractivity contribution in [3.63, 3.8) is 0 Å². The van der Waals surface area contributed by atoms with Crippen LogP contribution in [-0.2, 0) is 14.8 Å². The maximum absolute atomic E-state index is 12.5. The fourth-order valence-corrected chi connectivity index (χ4v) is 3.20. The minimum absolute atomic E-state index is 0.107. The van der Waals surface area contributed by atoms with Crippen molar-refractivity contribution in [3.8, 4) is 5.82 Å². The standard InChI is InChI=1S/C14H16N4O4S/c1-3-6-17(10-14(19)20)23(21,22)12-8-16-18(9-12)13-7-11(2)4-5-15-13/h3-5,7-9H,1,6,10H2,2H3,(H,19,20). The van der Waals surface area contributed by atoms with E-state index in [4.69, 9.17) is 5.11 Å². The number of carboxylic acid groups (broad SMARTS) is 1. The normalized spacial score (nSPS) is 11.6. The number of pyridine rings is 1. The van der Waals surface area contributed by atoms with E-state index in [1.807, 2.05) is 13.0 Å². The number of aryl methyl sites for hydroxylation is 1. The van der Waals surface area contributed by atoms with Crippen LogP contribution in [0.5, 0.6) is 0 Å². The highest BCUT2D eigenvalue weighted by atomic mass is 32.2. The molecule has 0 amide bonds. The Morgan fingerprint density at radius 1 is 1.52 bits per heavy atom. The second-order valence-electron chi connectivity index (χ2n) is 4.79. The van der Waals surface area contributed by atoms with Gasteiger partial charge < -0.3 is 5.11 Å². The minimum Gasteiger partial charge on any atom is -0.480 e. The zero-order chi connectivity index (χ0) is 17.0. The van der Waals surface area contributed by atoms with E-state index < -0.39 is 22.5 Å². The molecule has 0 saturated carbocycles. The predicted octanol–water partition coefficient (Wildman–Crippen LogP) is 0.837. The van der Waals surface area contributed by atoms with Gasteiger partial charge in [0.05, 0.1) is 12.4 Å². The summed E-state index contributed by atoms with van der Waals surface area (Å²) in [5.41, 5.74) is 0.953. The third-order valence-corrected chi connectivity index (χ3v) is 4.74. The first-order valence-electron chi connectivity index (χ1n) is 6.65. The molecule has 2 heterocycles. The largest absolute Gasteiger partial charge is 0.480 e. The molecule has 8 nitrogen and oxygen atoms in total. The molecule has 0 aromatic carbocycles. The van der Waals surface area contributed by atoms with Gasteiger partial charge in [0.15, 0.2) is 5.82 Å². The van der Waals surface area contributed by atoms with Crippen LogP contribution < -0.4 is 0 Å². The smallest absolute Gasteiger partial charge is 0.318 e. The lowest BCUT2D eigenvalue weighted by molar-refractivity contribution is -0.137. The number of aromatic nitrogens is 3. The maximum atomic E-state index is 12.5. The Morgan fingerprint density at radius 3 is 2.87 bits per heavy atom. The molecule has 0 aliphatic heterocycles. The summed E-state index contributed by atoms with van der Waals surface area (Å²) in [6, 6.07) is 3.56. The van der Waals surface area contributed by atoms with Gasteiger partial charge in [-0.05, 0) is 24.6 Å². The molecule has 122 valence electrons. The Kier molecular flexibility index (Phi) is 4.92. The number of sulfonamides is 1. The summed E-state index contributed by atoms with van der Waals surface area (Å²) < 4.78 is 27.2. The lowest BCUT2D eigenvalue weighted by Gasteiger charge is -2.17. The molecule has 2 aromatic rings. The van der Waals surface area contributed by atoms with Crippen molar-refractivity contribution in [3.05, 3.63) is 48.9 Å². The van der Waals surface area contributed by atoms with E-state index in [0.29, 0.717) is 5.82 Å². The number of rotatable bonds is 7. The number of hydrogen-bond donors (Lipinski definition) is 1. The van der Waals surface area contributed by atoms with Gasteiger partial charge in [0, 0.05) is 12.7 Å². The minimum atomic E-state index is -3.99. The first-order valence-corrected chi connectivity index (χ1v) is 8.09. The van der Waals surface area contributed by atoms with Crippen LogP contribution in [0.3, 0.4) is 0 Å². The van der Waals surface area contributed by atoms with Gasteiger partial charge in [-0.1, -0.05) is 6.08 Å². The van der Waals surface area contributed by atoms with Gasteiger partial charge in [-0.25, -0.2) is 18.1 Å². The van der Waals surface area contributed by atoms with E-state index in [1.54, 1.807) is 12.3 Å². The number of carbonyl (C=O) groups is 1. The van der Waals surface area contributed by atoms with Crippen LogP contribution in [-0.4, -0.2) is 51.7 Å². The van der Waals surface area contributed by atoms with E-state index in [1.165, 1.54) is 17.0 Å². The Labute approximate surface area is 133 Å². The van der Waals surface area contributed by atoms with Gasteiger partial charge in [-0.2, -0.15) is 9.40 Å². The summed E-state index contributed by atoms with van der Waals surface area (Å²) in [6.45, 7) is 4.57. The SMILES string of the molecule is C=CCN(CC(=O)O)S(=O)(=O)c1cnn(-c2cc(C)ccn2)c1. The summed E-state index contributed by atoms with van der Waals surface area (Å²) in [4.78, 5) is 14.9. The topological polar surface area (TPSA) is 105 Å². The third-order valence-electron chi connectivity index (χ3n) is 2.98. The van der Waals surface area contributed by atoms with Gasteiger partial charge in [-0.15, -0.1) is 6.58 Å². The first kappa shape index (κ1) is 16.8. The molecule has 0 aliphatic carbocycles. The molecule has 0 fully saturated rings. The van der Waals surface area contributed by atoms with Gasteiger partial charge in [-0.3, -0.25) is 4.79 Å². The summed E-state index contributed by atoms with van der Waals surface area (Å²) in [7, 11) is -3.99. The van der Waals surface area contributed by atoms with E-state index in [9.17, 15) is 13.2 Å². The van der Waals surface area contributed by atoms with Gasteiger partial charge in [0.2, 0.25) is 10.0 Å². The monoisotopic (exact) mass is 336 g/mol. The molecule has 9 heteroatoms. The third kappa shape index (κ3) is 3.82. The average Bonchev–Trinajstić information content (AvgIpc) is 2.97. The van der Waals surface area contributed by atoms with Crippen molar-refractivity contribution in [2.45, 2.75) is 11.8 Å². The van der Waals surface area contributed by atoms with Crippen LogP contribution in [0.4, 0.5) is 0 Å². The second kappa shape index (κ2) is 6.71. The van der Waals surface area contributed by atoms with Crippen LogP contribution in [0.2, 0.25) is 0 Å². The van der Waals surface area contributed by atoms with E-state index in [2.05, 4.69) is 16.7 Å². The molecule has 2 aromatic heterocycles. The van der Waals surface area contributed by atoms with Crippen molar-refractivity contribution < 1.29 is 18.3 Å². The summed E-state index contributed by atoms with van der Waals surface area (Å²) in [6.07, 6.45) is 5.38. The zero-order valence-electron chi connectivity index (χ0n) is 12.5. The number of carboxylic acids is 1. The highest BCUT2D eigenvalue weighted by molar-refractivity contribution is 7.89. The first-order chi connectivity index (χ1) is 10.8. The molecular formula is C14H16N4O4S. The quantitative estimate of drug-likeness (QED) is 0.751. The fourth-order valence-electron chi connectivity index (χ4n) is 1.90. The van der Waals surface area contributed by atoms with E-state index >= 15 is 0 Å². The average molecular weight is 336 g/mol. The van der Waals surface area contributed by atoms with E-state index in [0.717, 1.165) is 16.1 Å². The van der Waals surface area contributed by atoms with Gasteiger partial charge in [0.25, 0.3) is 0 Å². The Bertz CT molecular complexity index is 829. The molecule has 23 heavy (non-hydrogen) atoms. The Morgan fingerprint density at radius 2 is 2.26 bits per heavy atom. The summed E-state index contributed by atoms with van der Waals surface area (Å²) in [5.74, 6) is -0.775. The lowest BCUT2D eigenvalue weighted by atomic mass is 10.3. The summed E-state index contributed by atoms with van der Waals surface area (Å²) >= 11 is 0. The lowest BCUT2D eigenvalue weighted by Crippen LogP contribution is -2.35. The Hall–Kier alpha value is -2.52. The highest BCUT2D eigenvalue weighted by Gasteiger charge is 2.27. The van der Waals surface area contributed by atoms with Crippen LogP contribution in [0, 0.1) is 6.92 Å². The van der Waals surface area contributed by atoms with Gasteiger partial charge >= 0.3 is 5.97 Å². The molecule has 1 N–H and O–H groups in total. The zero-order valence-corrected chi connectivity index (χ0v) is 13.3. The molecule has 0 spiro atoms. The van der Waals surface area contributed by atoms with Crippen LogP contribution >= 0.6 is 0 Å². The molecule has 0 atom stereocenters. The fraction of sp³-hybridized carbons (Fsp3) is 0.214. The highest BCUT2D eigenvalue weighted by Crippen LogP contribution is 2.16. The molecule has 0 radical (unpaired) electrons. The van der Waals surface area contributed by atoms with Crippen molar-refractivity contribution in [1.82, 2.24) is 19.1 Å². The van der Waals surface area contributed by atoms with Crippen molar-refractivity contribution in [1.29, 1.82) is 0 Å². The van der Waals surface area contributed by atoms with Crippen molar-refractivity contribution >= 4 is 16.0 Å². The number of hydrogen-bond acceptors (Lipinski definition) is 5. The van der Waals surface area contributed by atoms with Crippen molar-refractivity contribution in [2.75, 3.05) is 13.1 Å². The molecule has 0 aliphatic rings. The van der Waals surface area contributed by atoms with Crippen LogP contribution in [0.15, 0.2) is 48.3 Å². The van der Waals surface area contributed by atoms with E-state index in [-0.39, 0.29) is 11.4 Å². The molecular weight excluding hydrogens is 320 g/mol. The molecule has 0 saturated heterocycles. The molecule has 0 unspecified atom stereocenters.